The van der Waals surface area contributed by atoms with Gasteiger partial charge in [-0.25, -0.2) is 0 Å². The molecule has 0 unspecified atom stereocenters. The second-order valence-corrected chi connectivity index (χ2v) is 8.71. The van der Waals surface area contributed by atoms with Crippen LogP contribution in [0.1, 0.15) is 36.8 Å². The van der Waals surface area contributed by atoms with E-state index < -0.39 is 0 Å². The number of benzene rings is 1. The van der Waals surface area contributed by atoms with Gasteiger partial charge in [-0.2, -0.15) is 0 Å². The quantitative estimate of drug-likeness (QED) is 0.142. The summed E-state index contributed by atoms with van der Waals surface area (Å²) < 4.78 is 0. The molecule has 0 fully saturated rings. The smallest absolute Gasteiger partial charge is 0.270 e. The molecule has 0 aliphatic carbocycles. The van der Waals surface area contributed by atoms with Crippen molar-refractivity contribution in [3.63, 3.8) is 0 Å². The molecular formula is C24H43N7O2. The number of hydrogen-bond donors (Lipinski definition) is 2. The van der Waals surface area contributed by atoms with Gasteiger partial charge in [-0.15, -0.1) is 0 Å². The van der Waals surface area contributed by atoms with E-state index >= 15 is 0 Å². The van der Waals surface area contributed by atoms with Crippen LogP contribution in [0.15, 0.2) is 28.2 Å². The Balaban J connectivity index is 2.38. The van der Waals surface area contributed by atoms with Crippen LogP contribution in [-0.2, 0) is 0 Å². The van der Waals surface area contributed by atoms with E-state index in [1.54, 1.807) is 24.6 Å². The molecule has 1 rings (SSSR count). The minimum atomic E-state index is -0.371. The van der Waals surface area contributed by atoms with E-state index in [0.717, 1.165) is 76.1 Å². The molecule has 2 N–H and O–H groups in total. The highest BCUT2D eigenvalue weighted by molar-refractivity contribution is 5.87. The van der Waals surface area contributed by atoms with Crippen molar-refractivity contribution >= 4 is 18.1 Å². The number of non-ortho nitro benzene ring substituents is 1. The summed E-state index contributed by atoms with van der Waals surface area (Å²) in [5, 5.41) is 18.1. The lowest BCUT2D eigenvalue weighted by Crippen LogP contribution is -2.22. The van der Waals surface area contributed by atoms with Gasteiger partial charge < -0.3 is 20.4 Å². The zero-order valence-electron chi connectivity index (χ0n) is 20.9. The molecule has 0 atom stereocenters. The minimum absolute atomic E-state index is 0.0607. The highest BCUT2D eigenvalue weighted by atomic mass is 16.6. The first-order valence-corrected chi connectivity index (χ1v) is 11.9. The number of nitrogens with zero attached hydrogens (tertiary/aromatic N) is 5. The van der Waals surface area contributed by atoms with E-state index in [1.165, 1.54) is 0 Å². The number of nitro benzene ring substituents is 1. The number of aliphatic imine (C=N–C) groups is 2. The third-order valence-corrected chi connectivity index (χ3v) is 4.85. The van der Waals surface area contributed by atoms with Gasteiger partial charge in [-0.05, 0) is 110 Å². The fourth-order valence-electron chi connectivity index (χ4n) is 3.13. The Bertz CT molecular complexity index is 671. The van der Waals surface area contributed by atoms with Crippen LogP contribution in [0.2, 0.25) is 0 Å². The highest BCUT2D eigenvalue weighted by Crippen LogP contribution is 2.15. The van der Waals surface area contributed by atoms with Gasteiger partial charge in [0, 0.05) is 37.7 Å². The van der Waals surface area contributed by atoms with Gasteiger partial charge in [0.05, 0.1) is 4.92 Å². The van der Waals surface area contributed by atoms with Crippen LogP contribution in [0.5, 0.6) is 0 Å². The molecule has 0 saturated heterocycles. The van der Waals surface area contributed by atoms with E-state index in [-0.39, 0.29) is 10.6 Å². The Morgan fingerprint density at radius 2 is 1.21 bits per heavy atom. The van der Waals surface area contributed by atoms with E-state index in [0.29, 0.717) is 13.1 Å². The molecule has 0 aromatic heterocycles. The number of hydrogen-bond acceptors (Lipinski definition) is 8. The maximum absolute atomic E-state index is 11.3. The monoisotopic (exact) mass is 461 g/mol. The van der Waals surface area contributed by atoms with Gasteiger partial charge in [0.15, 0.2) is 0 Å². The van der Waals surface area contributed by atoms with Crippen LogP contribution in [-0.4, -0.2) is 108 Å². The molecule has 9 heteroatoms. The van der Waals surface area contributed by atoms with Gasteiger partial charge in [0.25, 0.3) is 5.69 Å². The van der Waals surface area contributed by atoms with Crippen molar-refractivity contribution in [1.82, 2.24) is 20.4 Å². The standard InChI is InChI=1S/C24H43N7O2/c1-29(2)15-7-13-25-9-5-11-27-20-22-17-23(19-24(18-22)31(32)33)21-28-12-6-10-26-14-8-16-30(3)4/h17-21,25-26H,5-16H2,1-4H3. The largest absolute Gasteiger partial charge is 0.317 e. The number of nitro groups is 1. The van der Waals surface area contributed by atoms with Gasteiger partial charge in [-0.3, -0.25) is 20.1 Å². The van der Waals surface area contributed by atoms with Gasteiger partial charge >= 0.3 is 0 Å². The SMILES string of the molecule is CN(C)CCCNCCCN=Cc1cc(C=NCCCNCCCN(C)C)cc([N+](=O)[O-])c1. The number of nitrogens with one attached hydrogen (secondary N) is 2. The summed E-state index contributed by atoms with van der Waals surface area (Å²) in [5.74, 6) is 0. The van der Waals surface area contributed by atoms with Crippen LogP contribution in [0.3, 0.4) is 0 Å². The molecule has 0 bridgehead atoms. The molecule has 1 aromatic carbocycles. The van der Waals surface area contributed by atoms with Crippen molar-refractivity contribution in [1.29, 1.82) is 0 Å². The molecule has 9 nitrogen and oxygen atoms in total. The molecule has 0 aliphatic heterocycles. The summed E-state index contributed by atoms with van der Waals surface area (Å²) in [7, 11) is 8.31. The fraction of sp³-hybridized carbons (Fsp3) is 0.667. The summed E-state index contributed by atoms with van der Waals surface area (Å²) in [5.41, 5.74) is 1.52. The molecule has 0 saturated carbocycles. The molecule has 0 spiro atoms. The second kappa shape index (κ2) is 18.3. The van der Waals surface area contributed by atoms with Crippen LogP contribution < -0.4 is 10.6 Å². The third-order valence-electron chi connectivity index (χ3n) is 4.85. The van der Waals surface area contributed by atoms with E-state index in [1.807, 2.05) is 6.07 Å². The lowest BCUT2D eigenvalue weighted by atomic mass is 10.1. The predicted molar refractivity (Wildman–Crippen MR) is 139 cm³/mol. The summed E-state index contributed by atoms with van der Waals surface area (Å²) in [6.45, 7) is 7.38. The summed E-state index contributed by atoms with van der Waals surface area (Å²) in [4.78, 5) is 24.1. The highest BCUT2D eigenvalue weighted by Gasteiger charge is 2.08. The first-order valence-electron chi connectivity index (χ1n) is 11.9. The zero-order chi connectivity index (χ0) is 24.3. The maximum Gasteiger partial charge on any atom is 0.270 e. The summed E-state index contributed by atoms with van der Waals surface area (Å²) in [6, 6.07) is 5.00. The molecule has 186 valence electrons. The van der Waals surface area contributed by atoms with Crippen LogP contribution >= 0.6 is 0 Å². The van der Waals surface area contributed by atoms with E-state index in [4.69, 9.17) is 0 Å². The average Bonchev–Trinajstić information content (AvgIpc) is 2.76. The van der Waals surface area contributed by atoms with Gasteiger partial charge in [-0.1, -0.05) is 0 Å². The molecule has 0 amide bonds. The summed E-state index contributed by atoms with van der Waals surface area (Å²) in [6.07, 6.45) is 7.56. The third kappa shape index (κ3) is 16.1. The Kier molecular flexibility index (Phi) is 15.9. The van der Waals surface area contributed by atoms with Crippen LogP contribution in [0.25, 0.3) is 0 Å². The van der Waals surface area contributed by atoms with Crippen molar-refractivity contribution < 1.29 is 4.92 Å². The summed E-state index contributed by atoms with van der Waals surface area (Å²) >= 11 is 0. The zero-order valence-corrected chi connectivity index (χ0v) is 20.9. The Hall–Kier alpha value is -2.20. The van der Waals surface area contributed by atoms with Crippen molar-refractivity contribution in [2.24, 2.45) is 9.98 Å². The molecule has 33 heavy (non-hydrogen) atoms. The minimum Gasteiger partial charge on any atom is -0.317 e. The molecular weight excluding hydrogens is 418 g/mol. The predicted octanol–water partition coefficient (Wildman–Crippen LogP) is 2.30. The molecule has 0 heterocycles. The lowest BCUT2D eigenvalue weighted by Gasteiger charge is -2.09. The normalized spacial score (nSPS) is 12.1. The van der Waals surface area contributed by atoms with Gasteiger partial charge in [0.1, 0.15) is 0 Å². The topological polar surface area (TPSA) is 98.4 Å². The van der Waals surface area contributed by atoms with Crippen molar-refractivity contribution in [3.05, 3.63) is 39.4 Å². The molecule has 0 aliphatic rings. The lowest BCUT2D eigenvalue weighted by molar-refractivity contribution is -0.384. The second-order valence-electron chi connectivity index (χ2n) is 8.71. The van der Waals surface area contributed by atoms with Crippen molar-refractivity contribution in [3.8, 4) is 0 Å². The maximum atomic E-state index is 11.3. The van der Waals surface area contributed by atoms with Crippen molar-refractivity contribution in [2.75, 3.05) is 80.5 Å². The first kappa shape index (κ1) is 28.8. The van der Waals surface area contributed by atoms with Crippen LogP contribution in [0, 0.1) is 10.1 Å². The van der Waals surface area contributed by atoms with Gasteiger partial charge in [0.2, 0.25) is 0 Å². The Morgan fingerprint density at radius 1 is 0.788 bits per heavy atom. The number of rotatable bonds is 19. The Morgan fingerprint density at radius 3 is 1.61 bits per heavy atom. The van der Waals surface area contributed by atoms with Crippen molar-refractivity contribution in [2.45, 2.75) is 25.7 Å². The average molecular weight is 462 g/mol. The Labute approximate surface area is 199 Å². The van der Waals surface area contributed by atoms with E-state index in [9.17, 15) is 10.1 Å². The first-order chi connectivity index (χ1) is 15.9. The van der Waals surface area contributed by atoms with Crippen LogP contribution in [0.4, 0.5) is 5.69 Å². The molecule has 0 radical (unpaired) electrons. The molecule has 1 aromatic rings. The van der Waals surface area contributed by atoms with E-state index in [2.05, 4.69) is 58.6 Å². The fourth-order valence-corrected chi connectivity index (χ4v) is 3.13.